The number of halogens is 4. The number of nitrogens with two attached hydrogens (primary N) is 1. The first kappa shape index (κ1) is 19.4. The average Bonchev–Trinajstić information content (AvgIpc) is 3.00. The summed E-state index contributed by atoms with van der Waals surface area (Å²) in [5.74, 6) is -2.51. The van der Waals surface area contributed by atoms with Crippen molar-refractivity contribution in [3.63, 3.8) is 0 Å². The molecular weight excluding hydrogens is 368 g/mol. The van der Waals surface area contributed by atoms with E-state index in [-0.39, 0.29) is 29.5 Å². The Bertz CT molecular complexity index is 853. The summed E-state index contributed by atoms with van der Waals surface area (Å²) in [4.78, 5) is 11.1. The fourth-order valence-electron chi connectivity index (χ4n) is 3.49. The Morgan fingerprint density at radius 1 is 1.30 bits per heavy atom. The standard InChI is InChI=1S/C17H20F4N4O2/c1-8(9-2-4-11(22)5-3-9)23-13-7-10(15-24-25-16(26)27-15)6-12(18)14(13)17(19,20)21/h6-9,11,23H,2-5,22H2,1H3,(H,25,26)/t8-,9?,11?/m0/s1. The molecule has 0 unspecified atom stereocenters. The normalized spacial score (nSPS) is 21.9. The minimum absolute atomic E-state index is 0.0702. The molecule has 1 aliphatic rings. The quantitative estimate of drug-likeness (QED) is 0.697. The minimum atomic E-state index is -4.88. The monoisotopic (exact) mass is 388 g/mol. The second-order valence-corrected chi connectivity index (χ2v) is 6.90. The molecule has 1 heterocycles. The third-order valence-corrected chi connectivity index (χ3v) is 4.97. The van der Waals surface area contributed by atoms with E-state index in [9.17, 15) is 22.4 Å². The second kappa shape index (κ2) is 7.34. The van der Waals surface area contributed by atoms with Crippen LogP contribution in [-0.4, -0.2) is 22.3 Å². The van der Waals surface area contributed by atoms with Gasteiger partial charge in [0.1, 0.15) is 11.4 Å². The van der Waals surface area contributed by atoms with Crippen molar-refractivity contribution in [2.45, 2.75) is 50.9 Å². The molecule has 0 amide bonds. The summed E-state index contributed by atoms with van der Waals surface area (Å²) in [5, 5.41) is 8.34. The van der Waals surface area contributed by atoms with Crippen LogP contribution < -0.4 is 16.8 Å². The number of rotatable bonds is 4. The van der Waals surface area contributed by atoms with Gasteiger partial charge in [-0.15, -0.1) is 5.10 Å². The van der Waals surface area contributed by atoms with Crippen molar-refractivity contribution in [3.05, 3.63) is 34.1 Å². The Balaban J connectivity index is 1.95. The zero-order valence-electron chi connectivity index (χ0n) is 14.6. The van der Waals surface area contributed by atoms with Crippen LogP contribution in [0.4, 0.5) is 23.2 Å². The molecule has 1 aromatic carbocycles. The van der Waals surface area contributed by atoms with E-state index in [2.05, 4.69) is 10.4 Å². The number of aromatic amines is 1. The summed E-state index contributed by atoms with van der Waals surface area (Å²) in [6.45, 7) is 1.76. The van der Waals surface area contributed by atoms with Crippen molar-refractivity contribution in [1.82, 2.24) is 10.2 Å². The third kappa shape index (κ3) is 4.32. The van der Waals surface area contributed by atoms with Gasteiger partial charge in [0.2, 0.25) is 5.89 Å². The van der Waals surface area contributed by atoms with Gasteiger partial charge in [0.15, 0.2) is 0 Å². The molecule has 0 bridgehead atoms. The molecule has 1 fully saturated rings. The lowest BCUT2D eigenvalue weighted by Crippen LogP contribution is -2.34. The molecule has 2 aromatic rings. The van der Waals surface area contributed by atoms with Crippen molar-refractivity contribution in [2.24, 2.45) is 11.7 Å². The predicted octanol–water partition coefficient (Wildman–Crippen LogP) is 3.51. The van der Waals surface area contributed by atoms with Gasteiger partial charge in [0.05, 0.1) is 5.69 Å². The van der Waals surface area contributed by atoms with Crippen LogP contribution >= 0.6 is 0 Å². The molecule has 1 atom stereocenters. The number of nitrogens with zero attached hydrogens (tertiary/aromatic N) is 1. The van der Waals surface area contributed by atoms with Crippen LogP contribution in [0.15, 0.2) is 21.3 Å². The van der Waals surface area contributed by atoms with Crippen molar-refractivity contribution in [3.8, 4) is 11.5 Å². The third-order valence-electron chi connectivity index (χ3n) is 4.97. The van der Waals surface area contributed by atoms with Gasteiger partial charge in [-0.1, -0.05) is 0 Å². The molecule has 3 rings (SSSR count). The Morgan fingerprint density at radius 2 is 1.96 bits per heavy atom. The molecule has 1 saturated carbocycles. The number of anilines is 1. The molecule has 10 heteroatoms. The highest BCUT2D eigenvalue weighted by molar-refractivity contribution is 5.66. The van der Waals surface area contributed by atoms with Crippen LogP contribution in [0.1, 0.15) is 38.2 Å². The molecule has 27 heavy (non-hydrogen) atoms. The van der Waals surface area contributed by atoms with E-state index in [1.807, 2.05) is 5.10 Å². The maximum absolute atomic E-state index is 14.3. The van der Waals surface area contributed by atoms with Gasteiger partial charge < -0.3 is 15.5 Å². The van der Waals surface area contributed by atoms with E-state index in [0.29, 0.717) is 6.07 Å². The summed E-state index contributed by atoms with van der Waals surface area (Å²) >= 11 is 0. The molecule has 4 N–H and O–H groups in total. The van der Waals surface area contributed by atoms with Crippen LogP contribution in [0, 0.1) is 11.7 Å². The summed E-state index contributed by atoms with van der Waals surface area (Å²) < 4.78 is 59.2. The van der Waals surface area contributed by atoms with E-state index in [4.69, 9.17) is 10.2 Å². The lowest BCUT2D eigenvalue weighted by atomic mass is 9.82. The lowest BCUT2D eigenvalue weighted by molar-refractivity contribution is -0.139. The highest BCUT2D eigenvalue weighted by Gasteiger charge is 2.38. The fourth-order valence-corrected chi connectivity index (χ4v) is 3.49. The van der Waals surface area contributed by atoms with Gasteiger partial charge in [-0.25, -0.2) is 14.3 Å². The molecule has 6 nitrogen and oxygen atoms in total. The van der Waals surface area contributed by atoms with Crippen LogP contribution in [0.3, 0.4) is 0 Å². The van der Waals surface area contributed by atoms with E-state index < -0.39 is 29.0 Å². The molecule has 1 aromatic heterocycles. The minimum Gasteiger partial charge on any atom is -0.388 e. The van der Waals surface area contributed by atoms with Gasteiger partial charge in [-0.2, -0.15) is 13.2 Å². The number of alkyl halides is 3. The van der Waals surface area contributed by atoms with Crippen LogP contribution in [0.25, 0.3) is 11.5 Å². The Morgan fingerprint density at radius 3 is 2.52 bits per heavy atom. The number of hydrogen-bond donors (Lipinski definition) is 3. The highest BCUT2D eigenvalue weighted by atomic mass is 19.4. The molecule has 148 valence electrons. The Kier molecular flexibility index (Phi) is 5.27. The van der Waals surface area contributed by atoms with Crippen molar-refractivity contribution in [2.75, 3.05) is 5.32 Å². The first-order chi connectivity index (χ1) is 12.6. The molecular formula is C17H20F4N4O2. The van der Waals surface area contributed by atoms with Crippen LogP contribution in [0.2, 0.25) is 0 Å². The topological polar surface area (TPSA) is 96.9 Å². The van der Waals surface area contributed by atoms with E-state index in [1.165, 1.54) is 0 Å². The smallest absolute Gasteiger partial charge is 0.388 e. The number of H-pyrrole nitrogens is 1. The van der Waals surface area contributed by atoms with Crippen molar-refractivity contribution < 1.29 is 22.0 Å². The SMILES string of the molecule is C[C@H](Nc1cc(-c2n[nH]c(=O)o2)cc(F)c1C(F)(F)F)C1CCC(N)CC1. The second-order valence-electron chi connectivity index (χ2n) is 6.90. The first-order valence-corrected chi connectivity index (χ1v) is 8.64. The van der Waals surface area contributed by atoms with Crippen LogP contribution in [0.5, 0.6) is 0 Å². The van der Waals surface area contributed by atoms with Gasteiger partial charge in [-0.3, -0.25) is 0 Å². The number of hydrogen-bond acceptors (Lipinski definition) is 5. The van der Waals surface area contributed by atoms with E-state index in [0.717, 1.165) is 31.7 Å². The maximum Gasteiger partial charge on any atom is 0.434 e. The number of benzene rings is 1. The number of nitrogens with one attached hydrogen (secondary N) is 2. The molecule has 1 aliphatic carbocycles. The average molecular weight is 388 g/mol. The molecule has 0 aliphatic heterocycles. The molecule has 0 radical (unpaired) electrons. The van der Waals surface area contributed by atoms with Gasteiger partial charge >= 0.3 is 11.9 Å². The molecule has 0 saturated heterocycles. The summed E-state index contributed by atoms with van der Waals surface area (Å²) in [7, 11) is 0. The van der Waals surface area contributed by atoms with Crippen LogP contribution in [-0.2, 0) is 6.18 Å². The first-order valence-electron chi connectivity index (χ1n) is 8.64. The zero-order valence-corrected chi connectivity index (χ0v) is 14.6. The fraction of sp³-hybridized carbons (Fsp3) is 0.529. The zero-order chi connectivity index (χ0) is 19.8. The van der Waals surface area contributed by atoms with Gasteiger partial charge in [0, 0.05) is 17.6 Å². The summed E-state index contributed by atoms with van der Waals surface area (Å²) in [5.41, 5.74) is 4.01. The Hall–Kier alpha value is -2.36. The van der Waals surface area contributed by atoms with Crippen molar-refractivity contribution in [1.29, 1.82) is 0 Å². The molecule has 0 spiro atoms. The Labute approximate surface area is 152 Å². The van der Waals surface area contributed by atoms with Gasteiger partial charge in [-0.05, 0) is 50.7 Å². The highest BCUT2D eigenvalue weighted by Crippen LogP contribution is 2.40. The van der Waals surface area contributed by atoms with Gasteiger partial charge in [0.25, 0.3) is 0 Å². The predicted molar refractivity (Wildman–Crippen MR) is 90.5 cm³/mol. The van der Waals surface area contributed by atoms with E-state index >= 15 is 0 Å². The largest absolute Gasteiger partial charge is 0.434 e. The lowest BCUT2D eigenvalue weighted by Gasteiger charge is -2.32. The summed E-state index contributed by atoms with van der Waals surface area (Å²) in [6, 6.07) is 1.54. The van der Waals surface area contributed by atoms with Crippen molar-refractivity contribution >= 4 is 5.69 Å². The summed E-state index contributed by atoms with van der Waals surface area (Å²) in [6.07, 6.45) is -1.71. The van der Waals surface area contributed by atoms with E-state index in [1.54, 1.807) is 6.92 Å². The maximum atomic E-state index is 14.3. The number of aromatic nitrogens is 2.